The molecule has 0 unspecified atom stereocenters. The Balaban J connectivity index is 0.00000363. The van der Waals surface area contributed by atoms with Crippen molar-refractivity contribution in [2.24, 2.45) is 4.99 Å². The third-order valence-corrected chi connectivity index (χ3v) is 5.26. The van der Waals surface area contributed by atoms with E-state index in [1.54, 1.807) is 34.4 Å². The fraction of sp³-hybridized carbons (Fsp3) is 0.409. The molecule has 0 aromatic heterocycles. The fourth-order valence-corrected chi connectivity index (χ4v) is 3.62. The zero-order valence-electron chi connectivity index (χ0n) is 18.7. The maximum Gasteiger partial charge on any atom is 0.194 e. The van der Waals surface area contributed by atoms with Crippen LogP contribution in [0.1, 0.15) is 5.56 Å². The second kappa shape index (κ2) is 11.9. The Labute approximate surface area is 204 Å². The largest absolute Gasteiger partial charge is 0.496 e. The minimum Gasteiger partial charge on any atom is -0.496 e. The number of nitrogens with zero attached hydrogens (tertiary/aromatic N) is 3. The molecule has 1 heterocycles. The van der Waals surface area contributed by atoms with Crippen molar-refractivity contribution in [1.82, 2.24) is 10.2 Å². The molecule has 10 heteroatoms. The third kappa shape index (κ3) is 5.84. The third-order valence-electron chi connectivity index (χ3n) is 5.26. The van der Waals surface area contributed by atoms with Crippen molar-refractivity contribution in [2.45, 2.75) is 6.54 Å². The molecule has 2 aromatic rings. The average molecular weight is 562 g/mol. The number of rotatable bonds is 6. The molecule has 0 bridgehead atoms. The molecule has 1 aliphatic rings. The zero-order chi connectivity index (χ0) is 22.4. The van der Waals surface area contributed by atoms with Crippen LogP contribution in [-0.2, 0) is 6.54 Å². The topological polar surface area (TPSA) is 58.6 Å². The summed E-state index contributed by atoms with van der Waals surface area (Å²) < 4.78 is 43.8. The standard InChI is InChI=1S/C22H28F2N4O3.HI/c1-25-22(26-14-15-11-20(30-3)21(31-4)13-19(15)29-2)28-9-7-27(8-10-28)18-12-16(23)5-6-17(18)24;/h5-6,11-13H,7-10,14H2,1-4H3,(H,25,26);1H. The van der Waals surface area contributed by atoms with Crippen LogP contribution in [0.3, 0.4) is 0 Å². The van der Waals surface area contributed by atoms with Gasteiger partial charge in [-0.15, -0.1) is 24.0 Å². The lowest BCUT2D eigenvalue weighted by molar-refractivity contribution is 0.346. The summed E-state index contributed by atoms with van der Waals surface area (Å²) in [4.78, 5) is 8.30. The summed E-state index contributed by atoms with van der Waals surface area (Å²) in [6, 6.07) is 7.17. The maximum absolute atomic E-state index is 14.1. The molecule has 3 rings (SSSR count). The van der Waals surface area contributed by atoms with Crippen LogP contribution in [0.25, 0.3) is 0 Å². The summed E-state index contributed by atoms with van der Waals surface area (Å²) in [5, 5.41) is 3.34. The van der Waals surface area contributed by atoms with Crippen LogP contribution >= 0.6 is 24.0 Å². The second-order valence-corrected chi connectivity index (χ2v) is 6.99. The van der Waals surface area contributed by atoms with E-state index in [1.165, 1.54) is 6.07 Å². The van der Waals surface area contributed by atoms with E-state index in [0.717, 1.165) is 23.7 Å². The first-order valence-corrected chi connectivity index (χ1v) is 9.95. The molecule has 0 spiro atoms. The number of methoxy groups -OCH3 is 3. The van der Waals surface area contributed by atoms with Gasteiger partial charge in [0.15, 0.2) is 17.5 Å². The molecular weight excluding hydrogens is 533 g/mol. The molecule has 1 saturated heterocycles. The number of anilines is 1. The van der Waals surface area contributed by atoms with Crippen molar-refractivity contribution in [3.63, 3.8) is 0 Å². The molecule has 7 nitrogen and oxygen atoms in total. The van der Waals surface area contributed by atoms with E-state index in [-0.39, 0.29) is 29.7 Å². The van der Waals surface area contributed by atoms with E-state index in [0.29, 0.717) is 50.0 Å². The summed E-state index contributed by atoms with van der Waals surface area (Å²) in [6.07, 6.45) is 0. The molecule has 32 heavy (non-hydrogen) atoms. The number of nitrogens with one attached hydrogen (secondary N) is 1. The van der Waals surface area contributed by atoms with Crippen LogP contribution in [0, 0.1) is 11.6 Å². The van der Waals surface area contributed by atoms with Crippen LogP contribution in [-0.4, -0.2) is 65.4 Å². The average Bonchev–Trinajstić information content (AvgIpc) is 2.81. The Bertz CT molecular complexity index is 938. The fourth-order valence-electron chi connectivity index (χ4n) is 3.62. The molecule has 0 atom stereocenters. The van der Waals surface area contributed by atoms with E-state index in [1.807, 2.05) is 11.0 Å². The van der Waals surface area contributed by atoms with E-state index in [9.17, 15) is 8.78 Å². The first-order chi connectivity index (χ1) is 15.0. The number of ether oxygens (including phenoxy) is 3. The number of benzene rings is 2. The van der Waals surface area contributed by atoms with Gasteiger partial charge in [-0.25, -0.2) is 8.78 Å². The van der Waals surface area contributed by atoms with Gasteiger partial charge in [-0.05, 0) is 18.2 Å². The molecule has 1 fully saturated rings. The first-order valence-electron chi connectivity index (χ1n) is 9.95. The summed E-state index contributed by atoms with van der Waals surface area (Å²) in [5.74, 6) is 1.73. The van der Waals surface area contributed by atoms with Gasteiger partial charge >= 0.3 is 0 Å². The summed E-state index contributed by atoms with van der Waals surface area (Å²) in [6.45, 7) is 2.83. The second-order valence-electron chi connectivity index (χ2n) is 6.99. The minimum absolute atomic E-state index is 0. The normalized spacial score (nSPS) is 14.0. The molecule has 0 radical (unpaired) electrons. The van der Waals surface area contributed by atoms with Gasteiger partial charge in [0.2, 0.25) is 0 Å². The van der Waals surface area contributed by atoms with Gasteiger partial charge in [-0.3, -0.25) is 4.99 Å². The highest BCUT2D eigenvalue weighted by Gasteiger charge is 2.22. The zero-order valence-corrected chi connectivity index (χ0v) is 21.0. The minimum atomic E-state index is -0.444. The number of hydrogen-bond acceptors (Lipinski definition) is 5. The van der Waals surface area contributed by atoms with Crippen LogP contribution in [0.15, 0.2) is 35.3 Å². The number of hydrogen-bond donors (Lipinski definition) is 1. The Morgan fingerprint density at radius 3 is 2.16 bits per heavy atom. The highest BCUT2D eigenvalue weighted by Crippen LogP contribution is 2.34. The van der Waals surface area contributed by atoms with Gasteiger partial charge in [-0.1, -0.05) is 0 Å². The van der Waals surface area contributed by atoms with Gasteiger partial charge < -0.3 is 29.3 Å². The highest BCUT2D eigenvalue weighted by atomic mass is 127. The molecule has 0 aliphatic carbocycles. The summed E-state index contributed by atoms with van der Waals surface area (Å²) in [7, 11) is 6.48. The molecule has 1 aliphatic heterocycles. The van der Waals surface area contributed by atoms with Gasteiger partial charge in [0.05, 0.1) is 27.0 Å². The lowest BCUT2D eigenvalue weighted by Gasteiger charge is -2.37. The number of aliphatic imine (C=N–C) groups is 1. The van der Waals surface area contributed by atoms with Gasteiger partial charge in [0, 0.05) is 57.5 Å². The first kappa shape index (κ1) is 25.8. The van der Waals surface area contributed by atoms with Crippen molar-refractivity contribution < 1.29 is 23.0 Å². The summed E-state index contributed by atoms with van der Waals surface area (Å²) >= 11 is 0. The quantitative estimate of drug-likeness (QED) is 0.331. The Kier molecular flexibility index (Phi) is 9.60. The van der Waals surface area contributed by atoms with Crippen LogP contribution in [0.2, 0.25) is 0 Å². The molecule has 176 valence electrons. The van der Waals surface area contributed by atoms with Gasteiger partial charge in [-0.2, -0.15) is 0 Å². The van der Waals surface area contributed by atoms with E-state index in [2.05, 4.69) is 15.2 Å². The van der Waals surface area contributed by atoms with Crippen LogP contribution in [0.4, 0.5) is 14.5 Å². The van der Waals surface area contributed by atoms with Crippen molar-refractivity contribution in [2.75, 3.05) is 59.5 Å². The molecule has 2 aromatic carbocycles. The molecule has 0 saturated carbocycles. The maximum atomic E-state index is 14.1. The van der Waals surface area contributed by atoms with Crippen LogP contribution < -0.4 is 24.4 Å². The number of guanidine groups is 1. The predicted octanol–water partition coefficient (Wildman–Crippen LogP) is 3.51. The molecular formula is C22H29F2IN4O3. The lowest BCUT2D eigenvalue weighted by atomic mass is 10.1. The molecule has 0 amide bonds. The molecule has 1 N–H and O–H groups in total. The van der Waals surface area contributed by atoms with E-state index >= 15 is 0 Å². The van der Waals surface area contributed by atoms with E-state index in [4.69, 9.17) is 14.2 Å². The van der Waals surface area contributed by atoms with Gasteiger partial charge in [0.25, 0.3) is 0 Å². The Morgan fingerprint density at radius 2 is 1.56 bits per heavy atom. The van der Waals surface area contributed by atoms with Crippen molar-refractivity contribution >= 4 is 35.6 Å². The van der Waals surface area contributed by atoms with Crippen LogP contribution in [0.5, 0.6) is 17.2 Å². The van der Waals surface area contributed by atoms with Gasteiger partial charge in [0.1, 0.15) is 17.4 Å². The van der Waals surface area contributed by atoms with Crippen molar-refractivity contribution in [1.29, 1.82) is 0 Å². The SMILES string of the molecule is CN=C(NCc1cc(OC)c(OC)cc1OC)N1CCN(c2cc(F)ccc2F)CC1.I. The number of piperazine rings is 1. The van der Waals surface area contributed by atoms with Crippen molar-refractivity contribution in [3.8, 4) is 17.2 Å². The smallest absolute Gasteiger partial charge is 0.194 e. The lowest BCUT2D eigenvalue weighted by Crippen LogP contribution is -2.52. The Morgan fingerprint density at radius 1 is 0.938 bits per heavy atom. The van der Waals surface area contributed by atoms with Crippen molar-refractivity contribution in [3.05, 3.63) is 47.5 Å². The predicted molar refractivity (Wildman–Crippen MR) is 132 cm³/mol. The highest BCUT2D eigenvalue weighted by molar-refractivity contribution is 14.0. The summed E-state index contributed by atoms with van der Waals surface area (Å²) in [5.41, 5.74) is 1.18. The van der Waals surface area contributed by atoms with E-state index < -0.39 is 11.6 Å². The Hall–Kier alpha value is -2.50. The monoisotopic (exact) mass is 562 g/mol. The number of halogens is 3.